The first-order valence-electron chi connectivity index (χ1n) is 6.50. The lowest BCUT2D eigenvalue weighted by atomic mass is 10.1. The minimum Gasteiger partial charge on any atom is -0.436 e. The average Bonchev–Trinajstić information content (AvgIpc) is 2.87. The molecular weight excluding hydrogens is 254 g/mol. The van der Waals surface area contributed by atoms with Gasteiger partial charge in [0.2, 0.25) is 5.88 Å². The van der Waals surface area contributed by atoms with E-state index in [-0.39, 0.29) is 5.88 Å². The molecule has 1 aliphatic rings. The van der Waals surface area contributed by atoms with Crippen LogP contribution in [-0.2, 0) is 12.8 Å². The second kappa shape index (κ2) is 4.85. The van der Waals surface area contributed by atoms with Crippen molar-refractivity contribution in [2.75, 3.05) is 5.73 Å². The third kappa shape index (κ3) is 2.18. The molecule has 102 valence electrons. The molecule has 0 radical (unpaired) electrons. The Balaban J connectivity index is 2.04. The molecule has 0 atom stereocenters. The fraction of sp³-hybridized carbons (Fsp3) is 0.200. The lowest BCUT2D eigenvalue weighted by Gasteiger charge is -2.11. The van der Waals surface area contributed by atoms with Crippen LogP contribution in [0.4, 0.5) is 5.69 Å². The van der Waals surface area contributed by atoms with Crippen molar-refractivity contribution in [2.45, 2.75) is 19.3 Å². The number of carbonyl (C=O) groups is 1. The summed E-state index contributed by atoms with van der Waals surface area (Å²) in [6, 6.07) is 8.87. The Hall–Kier alpha value is -2.56. The van der Waals surface area contributed by atoms with Crippen LogP contribution in [0, 0.1) is 0 Å². The molecular formula is C15H15N3O2. The number of anilines is 1. The molecule has 0 saturated heterocycles. The molecule has 0 unspecified atom stereocenters. The summed E-state index contributed by atoms with van der Waals surface area (Å²) in [4.78, 5) is 16.0. The molecule has 3 rings (SSSR count). The van der Waals surface area contributed by atoms with E-state index in [0.29, 0.717) is 17.0 Å². The van der Waals surface area contributed by atoms with Gasteiger partial charge in [-0.1, -0.05) is 12.1 Å². The number of carbonyl (C=O) groups excluding carboxylic acids is 1. The van der Waals surface area contributed by atoms with Gasteiger partial charge in [-0.2, -0.15) is 0 Å². The quantitative estimate of drug-likeness (QED) is 0.834. The van der Waals surface area contributed by atoms with Gasteiger partial charge in [-0.3, -0.25) is 4.79 Å². The number of aryl methyl sites for hydroxylation is 2. The Kier molecular flexibility index (Phi) is 3.02. The highest BCUT2D eigenvalue weighted by Crippen LogP contribution is 2.31. The second-order valence-corrected chi connectivity index (χ2v) is 4.80. The van der Waals surface area contributed by atoms with Gasteiger partial charge in [0, 0.05) is 5.69 Å². The van der Waals surface area contributed by atoms with Crippen molar-refractivity contribution in [2.24, 2.45) is 5.73 Å². The summed E-state index contributed by atoms with van der Waals surface area (Å²) in [5, 5.41) is 0. The summed E-state index contributed by atoms with van der Waals surface area (Å²) in [7, 11) is 0. The van der Waals surface area contributed by atoms with Crippen molar-refractivity contribution in [1.29, 1.82) is 0 Å². The Morgan fingerprint density at radius 3 is 2.80 bits per heavy atom. The van der Waals surface area contributed by atoms with E-state index in [1.54, 1.807) is 18.2 Å². The van der Waals surface area contributed by atoms with Gasteiger partial charge < -0.3 is 16.2 Å². The van der Waals surface area contributed by atoms with Crippen molar-refractivity contribution in [3.63, 3.8) is 0 Å². The second-order valence-electron chi connectivity index (χ2n) is 4.80. The number of ether oxygens (including phenoxy) is 1. The number of fused-ring (bicyclic) bond motifs is 1. The summed E-state index contributed by atoms with van der Waals surface area (Å²) < 4.78 is 5.69. The number of nitrogens with zero attached hydrogens (tertiary/aromatic N) is 1. The highest BCUT2D eigenvalue weighted by molar-refractivity contribution is 5.95. The smallest absolute Gasteiger partial charge is 0.254 e. The van der Waals surface area contributed by atoms with Crippen molar-refractivity contribution < 1.29 is 9.53 Å². The molecule has 1 heterocycles. The molecule has 5 heteroatoms. The van der Waals surface area contributed by atoms with Crippen LogP contribution in [-0.4, -0.2) is 10.9 Å². The van der Waals surface area contributed by atoms with Crippen molar-refractivity contribution in [3.8, 4) is 11.6 Å². The summed E-state index contributed by atoms with van der Waals surface area (Å²) in [6.45, 7) is 0. The Morgan fingerprint density at radius 1 is 1.25 bits per heavy atom. The number of aromatic nitrogens is 1. The Labute approximate surface area is 116 Å². The zero-order valence-corrected chi connectivity index (χ0v) is 10.9. The van der Waals surface area contributed by atoms with E-state index < -0.39 is 5.91 Å². The summed E-state index contributed by atoms with van der Waals surface area (Å²) >= 11 is 0. The van der Waals surface area contributed by atoms with Gasteiger partial charge in [-0.15, -0.1) is 0 Å². The molecule has 1 aromatic heterocycles. The first-order valence-corrected chi connectivity index (χ1v) is 6.50. The number of amides is 1. The van der Waals surface area contributed by atoms with E-state index in [2.05, 4.69) is 4.98 Å². The topological polar surface area (TPSA) is 91.2 Å². The summed E-state index contributed by atoms with van der Waals surface area (Å²) in [5.74, 6) is 0.160. The maximum atomic E-state index is 11.6. The molecule has 0 spiro atoms. The van der Waals surface area contributed by atoms with Crippen LogP contribution >= 0.6 is 0 Å². The predicted octanol–water partition coefficient (Wildman–Crippen LogP) is 2.04. The minimum absolute atomic E-state index is 0.232. The molecule has 2 aromatic rings. The number of primary amides is 1. The fourth-order valence-corrected chi connectivity index (χ4v) is 2.39. The molecule has 0 aliphatic heterocycles. The monoisotopic (exact) mass is 269 g/mol. The first-order chi connectivity index (χ1) is 9.65. The largest absolute Gasteiger partial charge is 0.436 e. The minimum atomic E-state index is -0.545. The highest BCUT2D eigenvalue weighted by atomic mass is 16.5. The van der Waals surface area contributed by atoms with Crippen molar-refractivity contribution >= 4 is 11.6 Å². The number of nitrogen functional groups attached to an aromatic ring is 1. The zero-order valence-electron chi connectivity index (χ0n) is 10.9. The third-order valence-corrected chi connectivity index (χ3v) is 3.41. The third-order valence-electron chi connectivity index (χ3n) is 3.41. The number of rotatable bonds is 3. The lowest BCUT2D eigenvalue weighted by Crippen LogP contribution is -2.14. The summed E-state index contributed by atoms with van der Waals surface area (Å²) in [6.07, 6.45) is 2.86. The molecule has 1 amide bonds. The predicted molar refractivity (Wildman–Crippen MR) is 75.7 cm³/mol. The average molecular weight is 269 g/mol. The van der Waals surface area contributed by atoms with Crippen LogP contribution in [0.5, 0.6) is 11.6 Å². The van der Waals surface area contributed by atoms with E-state index in [4.69, 9.17) is 16.2 Å². The molecule has 1 aromatic carbocycles. The number of benzene rings is 1. The standard InChI is InChI=1S/C15H15N3O2/c16-11-5-1-2-7-13(11)20-15-10(14(17)19)8-9-4-3-6-12(9)18-15/h1-2,5,7-8H,3-4,6,16H2,(H2,17,19). The molecule has 0 saturated carbocycles. The van der Waals surface area contributed by atoms with Crippen LogP contribution in [0.3, 0.4) is 0 Å². The molecule has 0 bridgehead atoms. The maximum Gasteiger partial charge on any atom is 0.254 e. The van der Waals surface area contributed by atoms with Crippen LogP contribution < -0.4 is 16.2 Å². The van der Waals surface area contributed by atoms with Crippen LogP contribution in [0.2, 0.25) is 0 Å². The highest BCUT2D eigenvalue weighted by Gasteiger charge is 2.20. The number of para-hydroxylation sites is 2. The van der Waals surface area contributed by atoms with Gasteiger partial charge in [0.1, 0.15) is 5.56 Å². The SMILES string of the molecule is NC(=O)c1cc2c(nc1Oc1ccccc1N)CCC2. The maximum absolute atomic E-state index is 11.6. The first kappa shape index (κ1) is 12.5. The van der Waals surface area contributed by atoms with E-state index in [9.17, 15) is 4.79 Å². The fourth-order valence-electron chi connectivity index (χ4n) is 2.39. The van der Waals surface area contributed by atoms with Gasteiger partial charge in [-0.05, 0) is 43.0 Å². The van der Waals surface area contributed by atoms with E-state index >= 15 is 0 Å². The molecule has 5 nitrogen and oxygen atoms in total. The summed E-state index contributed by atoms with van der Waals surface area (Å²) in [5.41, 5.74) is 14.1. The van der Waals surface area contributed by atoms with Gasteiger partial charge in [0.25, 0.3) is 5.91 Å². The van der Waals surface area contributed by atoms with E-state index in [1.165, 1.54) is 0 Å². The van der Waals surface area contributed by atoms with E-state index in [1.807, 2.05) is 12.1 Å². The molecule has 1 aliphatic carbocycles. The number of hydrogen-bond donors (Lipinski definition) is 2. The lowest BCUT2D eigenvalue weighted by molar-refractivity contribution is 0.0997. The number of hydrogen-bond acceptors (Lipinski definition) is 4. The normalized spacial score (nSPS) is 13.0. The molecule has 0 fully saturated rings. The van der Waals surface area contributed by atoms with Gasteiger partial charge in [0.05, 0.1) is 5.69 Å². The Morgan fingerprint density at radius 2 is 2.05 bits per heavy atom. The zero-order chi connectivity index (χ0) is 14.1. The van der Waals surface area contributed by atoms with Gasteiger partial charge in [0.15, 0.2) is 5.75 Å². The van der Waals surface area contributed by atoms with Crippen molar-refractivity contribution in [3.05, 3.63) is 47.2 Å². The van der Waals surface area contributed by atoms with Gasteiger partial charge in [-0.25, -0.2) is 4.98 Å². The van der Waals surface area contributed by atoms with Gasteiger partial charge >= 0.3 is 0 Å². The van der Waals surface area contributed by atoms with Crippen LogP contribution in [0.25, 0.3) is 0 Å². The van der Waals surface area contributed by atoms with Crippen LogP contribution in [0.15, 0.2) is 30.3 Å². The Bertz CT molecular complexity index is 683. The number of nitrogens with two attached hydrogens (primary N) is 2. The van der Waals surface area contributed by atoms with E-state index in [0.717, 1.165) is 30.5 Å². The molecule has 4 N–H and O–H groups in total. The number of pyridine rings is 1. The van der Waals surface area contributed by atoms with Crippen molar-refractivity contribution in [1.82, 2.24) is 4.98 Å². The van der Waals surface area contributed by atoms with Crippen LogP contribution in [0.1, 0.15) is 28.0 Å². The molecule has 20 heavy (non-hydrogen) atoms.